The lowest BCUT2D eigenvalue weighted by molar-refractivity contribution is 0.220. The van der Waals surface area contributed by atoms with E-state index in [0.29, 0.717) is 33.5 Å². The van der Waals surface area contributed by atoms with Crippen LogP contribution >= 0.6 is 23.2 Å². The summed E-state index contributed by atoms with van der Waals surface area (Å²) in [6.07, 6.45) is 9.89. The van der Waals surface area contributed by atoms with Crippen molar-refractivity contribution >= 4 is 34.1 Å². The van der Waals surface area contributed by atoms with Gasteiger partial charge >= 0.3 is 0 Å². The molecule has 0 bridgehead atoms. The van der Waals surface area contributed by atoms with E-state index in [2.05, 4.69) is 64.2 Å². The van der Waals surface area contributed by atoms with E-state index in [0.717, 1.165) is 50.7 Å². The van der Waals surface area contributed by atoms with Gasteiger partial charge in [0, 0.05) is 51.6 Å². The Morgan fingerprint density at radius 2 is 1.70 bits per heavy atom. The van der Waals surface area contributed by atoms with E-state index in [9.17, 15) is 15.5 Å². The van der Waals surface area contributed by atoms with E-state index >= 15 is 0 Å². The van der Waals surface area contributed by atoms with Crippen LogP contribution in [0.15, 0.2) is 110 Å². The number of hydrogen-bond donors (Lipinski definition) is 3. The molecule has 0 spiro atoms. The number of fused-ring (bicyclic) bond motifs is 1. The van der Waals surface area contributed by atoms with Gasteiger partial charge in [-0.3, -0.25) is 9.67 Å². The lowest BCUT2D eigenvalue weighted by Gasteiger charge is -2.19. The van der Waals surface area contributed by atoms with Gasteiger partial charge in [-0.25, -0.2) is 0 Å². The Hall–Kier alpha value is -5.21. The number of nitrogens with one attached hydrogen (secondary N) is 1. The van der Waals surface area contributed by atoms with Gasteiger partial charge in [0.05, 0.1) is 41.5 Å². The highest BCUT2D eigenvalue weighted by atomic mass is 35.5. The average Bonchev–Trinajstić information content (AvgIpc) is 3.89. The molecule has 4 aromatic carbocycles. The summed E-state index contributed by atoms with van der Waals surface area (Å²) in [4.78, 5) is 6.71. The zero-order valence-corrected chi connectivity index (χ0v) is 32.6. The smallest absolute Gasteiger partial charge is 0.124 e. The minimum Gasteiger partial charge on any atom is -0.511 e. The van der Waals surface area contributed by atoms with Crippen LogP contribution in [0, 0.1) is 11.3 Å². The first-order valence-electron chi connectivity index (χ1n) is 18.9. The molecule has 9 nitrogen and oxygen atoms in total. The molecule has 1 atom stereocenters. The summed E-state index contributed by atoms with van der Waals surface area (Å²) in [7, 11) is 0. The second-order valence-electron chi connectivity index (χ2n) is 14.2. The number of pyridine rings is 1. The number of aryl methyl sites for hydroxylation is 1. The number of aliphatic hydroxyl groups excluding tert-OH is 2. The monoisotopic (exact) mass is 786 g/mol. The third-order valence-corrected chi connectivity index (χ3v) is 11.1. The van der Waals surface area contributed by atoms with Crippen LogP contribution in [-0.4, -0.2) is 62.2 Å². The summed E-state index contributed by atoms with van der Waals surface area (Å²) in [5.74, 6) is 0.359. The molecule has 0 aliphatic carbocycles. The van der Waals surface area contributed by atoms with Gasteiger partial charge in [0.25, 0.3) is 0 Å². The maximum absolute atomic E-state index is 9.90. The van der Waals surface area contributed by atoms with Gasteiger partial charge in [0.15, 0.2) is 0 Å². The fourth-order valence-corrected chi connectivity index (χ4v) is 7.88. The van der Waals surface area contributed by atoms with Crippen LogP contribution in [0.4, 0.5) is 0 Å². The molecule has 3 N–H and O–H groups in total. The van der Waals surface area contributed by atoms with Crippen molar-refractivity contribution in [2.24, 2.45) is 0 Å². The maximum atomic E-state index is 9.90. The van der Waals surface area contributed by atoms with Gasteiger partial charge in [-0.1, -0.05) is 84.4 Å². The fourth-order valence-electron chi connectivity index (χ4n) is 7.29. The van der Waals surface area contributed by atoms with Crippen molar-refractivity contribution in [2.45, 2.75) is 51.4 Å². The van der Waals surface area contributed by atoms with Crippen molar-refractivity contribution in [1.82, 2.24) is 25.0 Å². The second-order valence-corrected chi connectivity index (χ2v) is 15.0. The third kappa shape index (κ3) is 9.08. The molecule has 11 heteroatoms. The van der Waals surface area contributed by atoms with Crippen molar-refractivity contribution in [1.29, 1.82) is 5.26 Å². The number of likely N-dealkylation sites (tertiary alicyclic amines) is 1. The summed E-state index contributed by atoms with van der Waals surface area (Å²) in [6, 6.07) is 27.9. The molecule has 1 aliphatic rings. The molecule has 6 aromatic rings. The average molecular weight is 788 g/mol. The van der Waals surface area contributed by atoms with Crippen LogP contribution in [0.2, 0.25) is 10.0 Å². The summed E-state index contributed by atoms with van der Waals surface area (Å²) in [5.41, 5.74) is 8.86. The minimum atomic E-state index is -0.725. The highest BCUT2D eigenvalue weighted by Gasteiger charge is 2.18. The first-order chi connectivity index (χ1) is 27.3. The number of nitriles is 1. The van der Waals surface area contributed by atoms with Crippen molar-refractivity contribution in [2.75, 3.05) is 26.2 Å². The van der Waals surface area contributed by atoms with E-state index < -0.39 is 6.04 Å². The number of halogens is 2. The summed E-state index contributed by atoms with van der Waals surface area (Å²) < 4.78 is 8.19. The Labute approximate surface area is 337 Å². The van der Waals surface area contributed by atoms with Gasteiger partial charge in [0.2, 0.25) is 0 Å². The van der Waals surface area contributed by atoms with Crippen molar-refractivity contribution in [3.05, 3.63) is 148 Å². The van der Waals surface area contributed by atoms with Gasteiger partial charge < -0.3 is 25.2 Å². The predicted octanol–water partition coefficient (Wildman–Crippen LogP) is 9.12. The molecule has 1 saturated heterocycles. The van der Waals surface area contributed by atoms with Crippen molar-refractivity contribution < 1.29 is 14.9 Å². The van der Waals surface area contributed by atoms with Gasteiger partial charge in [-0.2, -0.15) is 10.4 Å². The quantitative estimate of drug-likeness (QED) is 0.0832. The van der Waals surface area contributed by atoms with Crippen LogP contribution < -0.4 is 10.1 Å². The number of ether oxygens (including phenoxy) is 1. The molecular formula is C45H44Cl2N6O3. The largest absolute Gasteiger partial charge is 0.511 e. The minimum absolute atomic E-state index is 0.156. The molecule has 3 heterocycles. The summed E-state index contributed by atoms with van der Waals surface area (Å²) in [5, 5.41) is 39.0. The number of aliphatic hydroxyl groups is 2. The normalized spacial score (nSPS) is 13.5. The number of aromatic nitrogens is 3. The molecule has 7 rings (SSSR count). The molecule has 286 valence electrons. The summed E-state index contributed by atoms with van der Waals surface area (Å²) >= 11 is 14.1. The highest BCUT2D eigenvalue weighted by Crippen LogP contribution is 2.39. The fraction of sp³-hybridized carbons (Fsp3) is 0.267. The van der Waals surface area contributed by atoms with E-state index in [1.807, 2.05) is 41.2 Å². The zero-order valence-electron chi connectivity index (χ0n) is 31.1. The number of benzene rings is 4. The van der Waals surface area contributed by atoms with Crippen LogP contribution in [0.25, 0.3) is 33.2 Å². The first-order valence-corrected chi connectivity index (χ1v) is 19.6. The molecule has 1 unspecified atom stereocenters. The van der Waals surface area contributed by atoms with Gasteiger partial charge in [0.1, 0.15) is 24.2 Å². The number of nitrogens with zero attached hydrogens (tertiary/aromatic N) is 5. The van der Waals surface area contributed by atoms with Crippen molar-refractivity contribution in [3.8, 4) is 34.1 Å². The Morgan fingerprint density at radius 1 is 0.929 bits per heavy atom. The molecular weight excluding hydrogens is 743 g/mol. The predicted molar refractivity (Wildman–Crippen MR) is 223 cm³/mol. The first kappa shape index (κ1) is 39.0. The van der Waals surface area contributed by atoms with Crippen LogP contribution in [0.5, 0.6) is 5.75 Å². The molecule has 2 aromatic heterocycles. The zero-order chi connectivity index (χ0) is 39.0. The molecule has 1 aliphatic heterocycles. The Balaban J connectivity index is 1.13. The van der Waals surface area contributed by atoms with Crippen molar-refractivity contribution in [3.63, 3.8) is 0 Å². The Morgan fingerprint density at radius 3 is 2.46 bits per heavy atom. The Kier molecular flexibility index (Phi) is 12.7. The van der Waals surface area contributed by atoms with Crippen LogP contribution in [0.1, 0.15) is 47.1 Å². The third-order valence-electron chi connectivity index (χ3n) is 10.4. The van der Waals surface area contributed by atoms with E-state index in [4.69, 9.17) is 33.0 Å². The van der Waals surface area contributed by atoms with Gasteiger partial charge in [-0.05, 0) is 91.8 Å². The van der Waals surface area contributed by atoms with E-state index in [1.54, 1.807) is 18.3 Å². The van der Waals surface area contributed by atoms with Crippen LogP contribution in [0.3, 0.4) is 0 Å². The maximum Gasteiger partial charge on any atom is 0.124 e. The number of hydrogen-bond acceptors (Lipinski definition) is 8. The SMILES string of the molecule is C=C(O)C(CO)NCc1cc(Cl)c(Cn2ncc3c(-c4cccc(-c5ccc(CCCN6CCCC6)cc5)c4Cl)cccc32)cc1OCc1cncc(C#N)c1. The molecule has 0 saturated carbocycles. The lowest BCUT2D eigenvalue weighted by Crippen LogP contribution is -2.33. The molecule has 0 amide bonds. The van der Waals surface area contributed by atoms with Gasteiger partial charge in [-0.15, -0.1) is 0 Å². The molecule has 0 radical (unpaired) electrons. The lowest BCUT2D eigenvalue weighted by atomic mass is 9.96. The summed E-state index contributed by atoms with van der Waals surface area (Å²) in [6.45, 7) is 7.58. The molecule has 56 heavy (non-hydrogen) atoms. The topological polar surface area (TPSA) is 119 Å². The standard InChI is InChI=1S/C45H44Cl2N6O3/c1-30(55)42(28-54)50-25-35-20-41(46)36(21-44(35)56-29-33-19-32(22-48)23-49-24-33)27-53-43-11-5-9-38(40(43)26-51-53)39-10-4-8-37(45(39)47)34-14-12-31(13-15-34)7-6-18-52-16-2-3-17-52/h4-5,8-15,19-21,23-24,26,42,50,54-55H,1-3,6-7,16-18,25,27-29H2. The second kappa shape index (κ2) is 18.2. The van der Waals surface area contributed by atoms with E-state index in [1.165, 1.54) is 50.7 Å². The number of rotatable bonds is 16. The van der Waals surface area contributed by atoms with Crippen LogP contribution in [-0.2, 0) is 26.1 Å². The Bertz CT molecular complexity index is 2370. The highest BCUT2D eigenvalue weighted by molar-refractivity contribution is 6.36. The van der Waals surface area contributed by atoms with E-state index in [-0.39, 0.29) is 25.5 Å². The molecule has 1 fully saturated rings.